The molecule has 0 spiro atoms. The molecule has 6 heteroatoms. The van der Waals surface area contributed by atoms with Gasteiger partial charge in [0.2, 0.25) is 0 Å². The fourth-order valence-corrected chi connectivity index (χ4v) is 7.96. The Balaban J connectivity index is 1.37. The molecule has 0 aliphatic carbocycles. The van der Waals surface area contributed by atoms with E-state index in [0.717, 1.165) is 47.3 Å². The Morgan fingerprint density at radius 1 is 0.367 bits per heavy atom. The van der Waals surface area contributed by atoms with Crippen LogP contribution in [-0.4, -0.2) is 34.6 Å². The van der Waals surface area contributed by atoms with Gasteiger partial charge in [0, 0.05) is 30.6 Å². The maximum Gasteiger partial charge on any atom is 0.166 e. The highest BCUT2D eigenvalue weighted by Crippen LogP contribution is 2.56. The molecule has 238 valence electrons. The molecule has 9 rings (SSSR count). The van der Waals surface area contributed by atoms with Crippen LogP contribution in [0.25, 0.3) is 0 Å². The molecular formula is C43H36N6. The monoisotopic (exact) mass is 636 g/mol. The van der Waals surface area contributed by atoms with Crippen molar-refractivity contribution in [1.82, 2.24) is 9.80 Å². The molecule has 1 fully saturated rings. The molecule has 6 aromatic carbocycles. The average Bonchev–Trinajstić information content (AvgIpc) is 3.64. The Morgan fingerprint density at radius 2 is 0.673 bits per heavy atom. The Morgan fingerprint density at radius 3 is 1.02 bits per heavy atom. The van der Waals surface area contributed by atoms with Crippen molar-refractivity contribution < 1.29 is 0 Å². The summed E-state index contributed by atoms with van der Waals surface area (Å²) in [7, 11) is 0. The van der Waals surface area contributed by atoms with Gasteiger partial charge in [0.05, 0.1) is 11.4 Å². The molecule has 0 aromatic heterocycles. The smallest absolute Gasteiger partial charge is 0.166 e. The normalized spacial score (nSPS) is 21.5. The van der Waals surface area contributed by atoms with Gasteiger partial charge in [0.15, 0.2) is 23.0 Å². The van der Waals surface area contributed by atoms with Crippen molar-refractivity contribution in [1.29, 1.82) is 0 Å². The SMILES string of the molecule is c1ccc(C2=NN(c3ccccc3)C3(c4ccccc4)CC4(c5ccccc5)N(CCN23)C(c2ccccc2)=NN4c2ccccc2)cc1. The lowest BCUT2D eigenvalue weighted by molar-refractivity contribution is 0.121. The summed E-state index contributed by atoms with van der Waals surface area (Å²) in [6.45, 7) is 1.43. The van der Waals surface area contributed by atoms with Crippen LogP contribution in [0.15, 0.2) is 192 Å². The second-order valence-corrected chi connectivity index (χ2v) is 12.7. The van der Waals surface area contributed by atoms with Crippen LogP contribution in [0.4, 0.5) is 11.4 Å². The van der Waals surface area contributed by atoms with Crippen molar-refractivity contribution >= 4 is 23.0 Å². The fourth-order valence-electron chi connectivity index (χ4n) is 7.96. The number of hydrogen-bond donors (Lipinski definition) is 0. The number of anilines is 2. The first kappa shape index (κ1) is 29.0. The van der Waals surface area contributed by atoms with E-state index >= 15 is 0 Å². The van der Waals surface area contributed by atoms with Crippen LogP contribution >= 0.6 is 0 Å². The lowest BCUT2D eigenvalue weighted by Gasteiger charge is -2.50. The summed E-state index contributed by atoms with van der Waals surface area (Å²) in [5.74, 6) is 1.92. The van der Waals surface area contributed by atoms with Crippen LogP contribution in [0, 0.1) is 0 Å². The van der Waals surface area contributed by atoms with Crippen molar-refractivity contribution in [2.45, 2.75) is 17.7 Å². The number of hydrazone groups is 2. The number of para-hydroxylation sites is 2. The zero-order valence-electron chi connectivity index (χ0n) is 27.1. The molecule has 2 unspecified atom stereocenters. The van der Waals surface area contributed by atoms with Crippen molar-refractivity contribution in [3.05, 3.63) is 204 Å². The van der Waals surface area contributed by atoms with Gasteiger partial charge >= 0.3 is 0 Å². The Kier molecular flexibility index (Phi) is 7.01. The number of nitrogens with zero attached hydrogens (tertiary/aromatic N) is 6. The molecule has 0 radical (unpaired) electrons. The van der Waals surface area contributed by atoms with Crippen LogP contribution in [0.2, 0.25) is 0 Å². The topological polar surface area (TPSA) is 37.7 Å². The first-order valence-corrected chi connectivity index (χ1v) is 16.9. The lowest BCUT2D eigenvalue weighted by atomic mass is 9.81. The number of fused-ring (bicyclic) bond motifs is 2. The first-order valence-electron chi connectivity index (χ1n) is 16.9. The van der Waals surface area contributed by atoms with E-state index in [4.69, 9.17) is 10.2 Å². The highest BCUT2D eigenvalue weighted by molar-refractivity contribution is 6.04. The number of rotatable bonds is 6. The maximum atomic E-state index is 5.58. The van der Waals surface area contributed by atoms with Gasteiger partial charge in [-0.1, -0.05) is 158 Å². The van der Waals surface area contributed by atoms with E-state index < -0.39 is 11.3 Å². The Bertz CT molecular complexity index is 1950. The van der Waals surface area contributed by atoms with Gasteiger partial charge in [-0.25, -0.2) is 10.0 Å². The zero-order valence-corrected chi connectivity index (χ0v) is 27.1. The molecule has 6 nitrogen and oxygen atoms in total. The van der Waals surface area contributed by atoms with E-state index in [1.54, 1.807) is 0 Å². The van der Waals surface area contributed by atoms with Gasteiger partial charge in [-0.3, -0.25) is 0 Å². The summed E-state index contributed by atoms with van der Waals surface area (Å²) in [6, 6.07) is 64.4. The minimum Gasteiger partial charge on any atom is -0.324 e. The standard InChI is InChI=1S/C43H36N6/c1-7-19-34(20-8-1)40-44-48(38-27-15-5-16-28-38)42(36-23-11-3-12-24-36)33-43(37-25-13-4-14-26-37)47(32-31-46(40)42)41(35-21-9-2-10-22-35)45-49(43)39-29-17-6-18-30-39/h1-30H,31-33H2. The molecule has 0 N–H and O–H groups in total. The lowest BCUT2D eigenvalue weighted by Crippen LogP contribution is -2.59. The first-order chi connectivity index (χ1) is 24.3. The molecule has 0 saturated carbocycles. The van der Waals surface area contributed by atoms with Crippen LogP contribution in [0.5, 0.6) is 0 Å². The number of amidine groups is 2. The molecule has 49 heavy (non-hydrogen) atoms. The second-order valence-electron chi connectivity index (χ2n) is 12.7. The van der Waals surface area contributed by atoms with Gasteiger partial charge in [-0.2, -0.15) is 10.2 Å². The molecule has 2 atom stereocenters. The summed E-state index contributed by atoms with van der Waals surface area (Å²) < 4.78 is 0. The molecule has 6 aromatic rings. The summed E-state index contributed by atoms with van der Waals surface area (Å²) in [6.07, 6.45) is 0.623. The fraction of sp³-hybridized carbons (Fsp3) is 0.116. The minimum absolute atomic E-state index is 0.623. The van der Waals surface area contributed by atoms with Gasteiger partial charge in [-0.05, 0) is 35.4 Å². The number of benzene rings is 6. The molecule has 3 aliphatic rings. The Hall–Kier alpha value is -6.14. The minimum atomic E-state index is -0.729. The third-order valence-electron chi connectivity index (χ3n) is 10.1. The predicted octanol–water partition coefficient (Wildman–Crippen LogP) is 8.46. The molecule has 1 saturated heterocycles. The van der Waals surface area contributed by atoms with Crippen molar-refractivity contribution in [2.75, 3.05) is 23.1 Å². The highest BCUT2D eigenvalue weighted by atomic mass is 15.7. The van der Waals surface area contributed by atoms with Crippen molar-refractivity contribution in [2.24, 2.45) is 10.2 Å². The average molecular weight is 637 g/mol. The van der Waals surface area contributed by atoms with Gasteiger partial charge in [0.1, 0.15) is 0 Å². The summed E-state index contributed by atoms with van der Waals surface area (Å²) in [4.78, 5) is 5.11. The molecular weight excluding hydrogens is 601 g/mol. The molecule has 3 aliphatic heterocycles. The van der Waals surface area contributed by atoms with Crippen LogP contribution in [-0.2, 0) is 11.3 Å². The summed E-state index contributed by atoms with van der Waals surface area (Å²) >= 11 is 0. The Labute approximate surface area is 287 Å². The van der Waals surface area contributed by atoms with E-state index in [9.17, 15) is 0 Å². The quantitative estimate of drug-likeness (QED) is 0.184. The van der Waals surface area contributed by atoms with Crippen molar-refractivity contribution in [3.63, 3.8) is 0 Å². The van der Waals surface area contributed by atoms with Crippen LogP contribution in [0.1, 0.15) is 28.7 Å². The predicted molar refractivity (Wildman–Crippen MR) is 198 cm³/mol. The van der Waals surface area contributed by atoms with E-state index in [1.807, 2.05) is 0 Å². The van der Waals surface area contributed by atoms with Crippen LogP contribution in [0.3, 0.4) is 0 Å². The largest absolute Gasteiger partial charge is 0.324 e. The third-order valence-corrected chi connectivity index (χ3v) is 10.1. The van der Waals surface area contributed by atoms with E-state index in [2.05, 4.69) is 202 Å². The van der Waals surface area contributed by atoms with E-state index in [0.29, 0.717) is 6.42 Å². The van der Waals surface area contributed by atoms with E-state index in [1.165, 1.54) is 11.1 Å². The third kappa shape index (κ3) is 4.55. The van der Waals surface area contributed by atoms with E-state index in [-0.39, 0.29) is 0 Å². The van der Waals surface area contributed by atoms with Crippen LogP contribution < -0.4 is 10.0 Å². The molecule has 0 bridgehead atoms. The van der Waals surface area contributed by atoms with Gasteiger partial charge in [0.25, 0.3) is 0 Å². The highest BCUT2D eigenvalue weighted by Gasteiger charge is 2.63. The second kappa shape index (κ2) is 11.8. The summed E-state index contributed by atoms with van der Waals surface area (Å²) in [5, 5.41) is 15.7. The maximum absolute atomic E-state index is 5.58. The van der Waals surface area contributed by atoms with Gasteiger partial charge < -0.3 is 9.80 Å². The summed E-state index contributed by atoms with van der Waals surface area (Å²) in [5.41, 5.74) is 5.14. The zero-order chi connectivity index (χ0) is 32.7. The molecule has 3 heterocycles. The molecule has 0 amide bonds. The van der Waals surface area contributed by atoms with Gasteiger partial charge in [-0.15, -0.1) is 0 Å². The van der Waals surface area contributed by atoms with Crippen molar-refractivity contribution in [3.8, 4) is 0 Å². The number of hydrogen-bond acceptors (Lipinski definition) is 6.